The van der Waals surface area contributed by atoms with E-state index in [1.54, 1.807) is 7.11 Å². The summed E-state index contributed by atoms with van der Waals surface area (Å²) in [5.41, 5.74) is 1.71. The van der Waals surface area contributed by atoms with Gasteiger partial charge in [-0.05, 0) is 38.3 Å². The first-order valence-corrected chi connectivity index (χ1v) is 8.56. The van der Waals surface area contributed by atoms with E-state index in [0.29, 0.717) is 11.8 Å². The first kappa shape index (κ1) is 16.8. The Morgan fingerprint density at radius 3 is 2.83 bits per heavy atom. The number of aromatic nitrogens is 3. The molecule has 24 heavy (non-hydrogen) atoms. The maximum absolute atomic E-state index is 6.10. The summed E-state index contributed by atoms with van der Waals surface area (Å²) in [7, 11) is 1.65. The lowest BCUT2D eigenvalue weighted by Gasteiger charge is -2.21. The van der Waals surface area contributed by atoms with Crippen LogP contribution in [0.15, 0.2) is 24.4 Å². The van der Waals surface area contributed by atoms with Gasteiger partial charge in [0.15, 0.2) is 11.5 Å². The van der Waals surface area contributed by atoms with Crippen molar-refractivity contribution >= 4 is 0 Å². The average molecular weight is 331 g/mol. The van der Waals surface area contributed by atoms with Gasteiger partial charge in [0.2, 0.25) is 0 Å². The highest BCUT2D eigenvalue weighted by Gasteiger charge is 2.20. The van der Waals surface area contributed by atoms with Crippen LogP contribution >= 0.6 is 0 Å². The van der Waals surface area contributed by atoms with Crippen molar-refractivity contribution in [3.8, 4) is 22.8 Å². The molecule has 0 N–H and O–H groups in total. The molecule has 1 atom stereocenters. The zero-order valence-corrected chi connectivity index (χ0v) is 14.6. The highest BCUT2D eigenvalue weighted by Crippen LogP contribution is 2.38. The molecule has 6 heteroatoms. The van der Waals surface area contributed by atoms with Crippen LogP contribution in [0.1, 0.15) is 39.2 Å². The van der Waals surface area contributed by atoms with Gasteiger partial charge in [0, 0.05) is 18.8 Å². The molecule has 130 valence electrons. The lowest BCUT2D eigenvalue weighted by molar-refractivity contribution is 0.0657. The third-order valence-corrected chi connectivity index (χ3v) is 4.44. The fraction of sp³-hybridized carbons (Fsp3) is 0.556. The number of hydrogen-bond acceptors (Lipinski definition) is 5. The van der Waals surface area contributed by atoms with Crippen molar-refractivity contribution in [3.05, 3.63) is 24.4 Å². The number of methoxy groups -OCH3 is 1. The molecule has 1 aliphatic rings. The van der Waals surface area contributed by atoms with E-state index in [4.69, 9.17) is 14.2 Å². The first-order valence-electron chi connectivity index (χ1n) is 8.56. The molecular weight excluding hydrogens is 306 g/mol. The van der Waals surface area contributed by atoms with E-state index in [1.807, 2.05) is 29.1 Å². The third kappa shape index (κ3) is 3.53. The van der Waals surface area contributed by atoms with Crippen molar-refractivity contribution in [2.45, 2.75) is 45.3 Å². The van der Waals surface area contributed by atoms with Crippen LogP contribution in [0.4, 0.5) is 0 Å². The van der Waals surface area contributed by atoms with Gasteiger partial charge in [-0.15, -0.1) is 5.10 Å². The number of para-hydroxylation sites is 1. The molecule has 0 radical (unpaired) electrons. The second kappa shape index (κ2) is 7.66. The average Bonchev–Trinajstić information content (AvgIpc) is 3.12. The number of ether oxygens (including phenoxy) is 3. The highest BCUT2D eigenvalue weighted by atomic mass is 16.5. The van der Waals surface area contributed by atoms with E-state index in [0.717, 1.165) is 49.5 Å². The second-order valence-electron chi connectivity index (χ2n) is 6.10. The quantitative estimate of drug-likeness (QED) is 0.811. The zero-order valence-electron chi connectivity index (χ0n) is 14.6. The molecule has 2 aromatic rings. The molecule has 0 aliphatic carbocycles. The standard InChI is InChI=1S/C18H25N3O3/c1-4-13(2)24-18-15(6-5-7-17(18)22-3)16-12-21(20-19-16)14-8-10-23-11-9-14/h5-7,12-14H,4,8-11H2,1-3H3. The number of nitrogens with zero attached hydrogens (tertiary/aromatic N) is 3. The Morgan fingerprint density at radius 1 is 1.33 bits per heavy atom. The smallest absolute Gasteiger partial charge is 0.171 e. The topological polar surface area (TPSA) is 58.4 Å². The van der Waals surface area contributed by atoms with E-state index in [1.165, 1.54) is 0 Å². The first-order chi connectivity index (χ1) is 11.7. The zero-order chi connectivity index (χ0) is 16.9. The van der Waals surface area contributed by atoms with Crippen LogP contribution in [0, 0.1) is 0 Å². The lowest BCUT2D eigenvalue weighted by Crippen LogP contribution is -2.19. The fourth-order valence-electron chi connectivity index (χ4n) is 2.81. The molecule has 6 nitrogen and oxygen atoms in total. The number of rotatable bonds is 6. The molecule has 1 aromatic carbocycles. The lowest BCUT2D eigenvalue weighted by atomic mass is 10.1. The Labute approximate surface area is 142 Å². The van der Waals surface area contributed by atoms with Crippen molar-refractivity contribution < 1.29 is 14.2 Å². The van der Waals surface area contributed by atoms with Gasteiger partial charge in [-0.3, -0.25) is 0 Å². The van der Waals surface area contributed by atoms with Crippen LogP contribution in [0.2, 0.25) is 0 Å². The number of hydrogen-bond donors (Lipinski definition) is 0. The van der Waals surface area contributed by atoms with Crippen LogP contribution in [-0.4, -0.2) is 41.4 Å². The molecule has 1 fully saturated rings. The molecule has 0 amide bonds. The highest BCUT2D eigenvalue weighted by molar-refractivity contribution is 5.70. The SMILES string of the molecule is CCC(C)Oc1c(OC)cccc1-c1cn(C2CCOCC2)nn1. The molecular formula is C18H25N3O3. The Morgan fingerprint density at radius 2 is 2.12 bits per heavy atom. The van der Waals surface area contributed by atoms with Gasteiger partial charge < -0.3 is 14.2 Å². The summed E-state index contributed by atoms with van der Waals surface area (Å²) in [5, 5.41) is 8.69. The predicted octanol–water partition coefficient (Wildman–Crippen LogP) is 3.48. The van der Waals surface area contributed by atoms with E-state index >= 15 is 0 Å². The molecule has 0 spiro atoms. The van der Waals surface area contributed by atoms with Crippen LogP contribution in [0.3, 0.4) is 0 Å². The van der Waals surface area contributed by atoms with Gasteiger partial charge in [-0.2, -0.15) is 0 Å². The molecule has 1 unspecified atom stereocenters. The molecule has 0 saturated carbocycles. The van der Waals surface area contributed by atoms with Crippen LogP contribution in [0.25, 0.3) is 11.3 Å². The van der Waals surface area contributed by atoms with Crippen LogP contribution in [-0.2, 0) is 4.74 Å². The largest absolute Gasteiger partial charge is 0.493 e. The Hall–Kier alpha value is -2.08. The Bertz CT molecular complexity index is 665. The van der Waals surface area contributed by atoms with E-state index < -0.39 is 0 Å². The normalized spacial score (nSPS) is 16.8. The summed E-state index contributed by atoms with van der Waals surface area (Å²) >= 11 is 0. The van der Waals surface area contributed by atoms with Crippen molar-refractivity contribution in [1.29, 1.82) is 0 Å². The van der Waals surface area contributed by atoms with Crippen molar-refractivity contribution in [1.82, 2.24) is 15.0 Å². The predicted molar refractivity (Wildman–Crippen MR) is 91.5 cm³/mol. The minimum atomic E-state index is 0.102. The van der Waals surface area contributed by atoms with Gasteiger partial charge in [0.05, 0.1) is 25.5 Å². The van der Waals surface area contributed by atoms with E-state index in [-0.39, 0.29) is 6.10 Å². The minimum Gasteiger partial charge on any atom is -0.493 e. The van der Waals surface area contributed by atoms with Crippen molar-refractivity contribution in [3.63, 3.8) is 0 Å². The van der Waals surface area contributed by atoms with Crippen molar-refractivity contribution in [2.75, 3.05) is 20.3 Å². The molecule has 3 rings (SSSR count). The van der Waals surface area contributed by atoms with Crippen LogP contribution < -0.4 is 9.47 Å². The summed E-state index contributed by atoms with van der Waals surface area (Å²) < 4.78 is 19.0. The number of benzene rings is 1. The van der Waals surface area contributed by atoms with Gasteiger partial charge >= 0.3 is 0 Å². The van der Waals surface area contributed by atoms with Gasteiger partial charge in [-0.25, -0.2) is 4.68 Å². The maximum Gasteiger partial charge on any atom is 0.171 e. The molecule has 1 aromatic heterocycles. The molecule has 1 saturated heterocycles. The van der Waals surface area contributed by atoms with E-state index in [2.05, 4.69) is 24.2 Å². The third-order valence-electron chi connectivity index (χ3n) is 4.44. The van der Waals surface area contributed by atoms with Gasteiger partial charge in [-0.1, -0.05) is 18.2 Å². The fourth-order valence-corrected chi connectivity index (χ4v) is 2.81. The monoisotopic (exact) mass is 331 g/mol. The maximum atomic E-state index is 6.10. The second-order valence-corrected chi connectivity index (χ2v) is 6.10. The van der Waals surface area contributed by atoms with Crippen molar-refractivity contribution in [2.24, 2.45) is 0 Å². The summed E-state index contributed by atoms with van der Waals surface area (Å²) in [5.74, 6) is 1.45. The van der Waals surface area contributed by atoms with Crippen LogP contribution in [0.5, 0.6) is 11.5 Å². The van der Waals surface area contributed by atoms with Gasteiger partial charge in [0.1, 0.15) is 5.69 Å². The summed E-state index contributed by atoms with van der Waals surface area (Å²) in [6.07, 6.45) is 4.96. The Balaban J connectivity index is 1.92. The van der Waals surface area contributed by atoms with Gasteiger partial charge in [0.25, 0.3) is 0 Å². The summed E-state index contributed by atoms with van der Waals surface area (Å²) in [4.78, 5) is 0. The molecule has 0 bridgehead atoms. The van der Waals surface area contributed by atoms with E-state index in [9.17, 15) is 0 Å². The minimum absolute atomic E-state index is 0.102. The summed E-state index contributed by atoms with van der Waals surface area (Å²) in [6.45, 7) is 5.71. The summed E-state index contributed by atoms with van der Waals surface area (Å²) in [6, 6.07) is 6.21. The Kier molecular flexibility index (Phi) is 5.35. The molecule has 1 aliphatic heterocycles. The molecule has 2 heterocycles.